The van der Waals surface area contributed by atoms with E-state index in [1.54, 1.807) is 0 Å². The van der Waals surface area contributed by atoms with Crippen molar-refractivity contribution in [2.24, 2.45) is 5.14 Å². The first-order valence-electron chi connectivity index (χ1n) is 5.08. The van der Waals surface area contributed by atoms with Crippen LogP contribution in [0.1, 0.15) is 6.42 Å². The normalized spacial score (nSPS) is 11.3. The summed E-state index contributed by atoms with van der Waals surface area (Å²) in [6.07, 6.45) is 0.139. The minimum atomic E-state index is -3.59. The maximum atomic E-state index is 13.2. The number of nitrogens with one attached hydrogen (secondary N) is 1. The van der Waals surface area contributed by atoms with Gasteiger partial charge in [0.1, 0.15) is 11.5 Å². The number of rotatable bonds is 6. The molecule has 0 heterocycles. The van der Waals surface area contributed by atoms with E-state index in [9.17, 15) is 22.9 Å². The predicted octanol–water partition coefficient (Wildman–Crippen LogP) is 1.48. The molecule has 10 heteroatoms. The third kappa shape index (κ3) is 4.97. The minimum absolute atomic E-state index is 0.0682. The van der Waals surface area contributed by atoms with Gasteiger partial charge in [0.15, 0.2) is 0 Å². The lowest BCUT2D eigenvalue weighted by atomic mass is 10.2. The molecular weight excluding hydrogens is 301 g/mol. The quantitative estimate of drug-likeness (QED) is 0.469. The lowest BCUT2D eigenvalue weighted by Crippen LogP contribution is -2.18. The standard InChI is InChI=1S/C9H11ClFN3O4S/c10-6-4-9(14(15)16)8(5-7(6)11)13-2-1-3-19(12,17)18/h4-5,13H,1-3H2,(H2,12,17,18). The first-order valence-corrected chi connectivity index (χ1v) is 7.18. The van der Waals surface area contributed by atoms with Crippen LogP contribution in [0.25, 0.3) is 0 Å². The number of anilines is 1. The second kappa shape index (κ2) is 6.13. The Morgan fingerprint density at radius 3 is 2.63 bits per heavy atom. The van der Waals surface area contributed by atoms with Crippen LogP contribution in [0.2, 0.25) is 5.02 Å². The number of hydrogen-bond acceptors (Lipinski definition) is 5. The molecule has 1 aromatic rings. The summed E-state index contributed by atoms with van der Waals surface area (Å²) in [5.74, 6) is -1.08. The average Bonchev–Trinajstić information content (AvgIpc) is 2.27. The zero-order valence-electron chi connectivity index (χ0n) is 9.60. The van der Waals surface area contributed by atoms with E-state index in [0.717, 1.165) is 12.1 Å². The van der Waals surface area contributed by atoms with Gasteiger partial charge < -0.3 is 5.32 Å². The van der Waals surface area contributed by atoms with Crippen molar-refractivity contribution < 1.29 is 17.7 Å². The SMILES string of the molecule is NS(=O)(=O)CCCNc1cc(F)c(Cl)cc1[N+](=O)[O-]. The van der Waals surface area contributed by atoms with Crippen LogP contribution in [-0.2, 0) is 10.0 Å². The van der Waals surface area contributed by atoms with Crippen molar-refractivity contribution in [3.8, 4) is 0 Å². The van der Waals surface area contributed by atoms with Crippen molar-refractivity contribution >= 4 is 33.0 Å². The van der Waals surface area contributed by atoms with Gasteiger partial charge in [-0.05, 0) is 6.42 Å². The summed E-state index contributed by atoms with van der Waals surface area (Å²) in [6, 6.07) is 1.77. The van der Waals surface area contributed by atoms with Crippen LogP contribution >= 0.6 is 11.6 Å². The van der Waals surface area contributed by atoms with Crippen LogP contribution in [0.4, 0.5) is 15.8 Å². The van der Waals surface area contributed by atoms with Crippen molar-refractivity contribution in [1.29, 1.82) is 0 Å². The van der Waals surface area contributed by atoms with Crippen molar-refractivity contribution in [2.45, 2.75) is 6.42 Å². The Kier molecular flexibility index (Phi) is 5.04. The van der Waals surface area contributed by atoms with E-state index in [2.05, 4.69) is 5.32 Å². The smallest absolute Gasteiger partial charge is 0.294 e. The molecule has 0 saturated heterocycles. The van der Waals surface area contributed by atoms with E-state index in [0.29, 0.717) is 0 Å². The molecule has 1 aromatic carbocycles. The van der Waals surface area contributed by atoms with Gasteiger partial charge in [0.05, 0.1) is 15.7 Å². The number of primary sulfonamides is 1. The van der Waals surface area contributed by atoms with Gasteiger partial charge in [-0.2, -0.15) is 0 Å². The minimum Gasteiger partial charge on any atom is -0.379 e. The molecule has 0 fully saturated rings. The van der Waals surface area contributed by atoms with E-state index in [1.165, 1.54) is 0 Å². The highest BCUT2D eigenvalue weighted by Crippen LogP contribution is 2.30. The van der Waals surface area contributed by atoms with Crippen LogP contribution in [-0.4, -0.2) is 25.6 Å². The molecule has 0 bridgehead atoms. The summed E-state index contributed by atoms with van der Waals surface area (Å²) in [5.41, 5.74) is -0.455. The van der Waals surface area contributed by atoms with Crippen LogP contribution in [0.3, 0.4) is 0 Å². The largest absolute Gasteiger partial charge is 0.379 e. The second-order valence-corrected chi connectivity index (χ2v) is 5.83. The van der Waals surface area contributed by atoms with Gasteiger partial charge in [0.2, 0.25) is 10.0 Å². The highest BCUT2D eigenvalue weighted by molar-refractivity contribution is 7.89. The van der Waals surface area contributed by atoms with Gasteiger partial charge in [0, 0.05) is 18.7 Å². The van der Waals surface area contributed by atoms with Crippen molar-refractivity contribution in [2.75, 3.05) is 17.6 Å². The molecule has 1 rings (SSSR count). The van der Waals surface area contributed by atoms with Crippen molar-refractivity contribution in [1.82, 2.24) is 0 Å². The van der Waals surface area contributed by atoms with Gasteiger partial charge in [-0.1, -0.05) is 11.6 Å². The molecule has 0 aliphatic rings. The van der Waals surface area contributed by atoms with Crippen LogP contribution < -0.4 is 10.5 Å². The fourth-order valence-electron chi connectivity index (χ4n) is 1.33. The van der Waals surface area contributed by atoms with E-state index >= 15 is 0 Å². The molecule has 0 amide bonds. The molecule has 0 radical (unpaired) electrons. The molecule has 0 unspecified atom stereocenters. The Morgan fingerprint density at radius 2 is 2.11 bits per heavy atom. The summed E-state index contributed by atoms with van der Waals surface area (Å²) in [6.45, 7) is 0.0956. The first-order chi connectivity index (χ1) is 8.70. The number of nitrogens with zero attached hydrogens (tertiary/aromatic N) is 1. The number of halogens is 2. The lowest BCUT2D eigenvalue weighted by molar-refractivity contribution is -0.384. The van der Waals surface area contributed by atoms with Crippen molar-refractivity contribution in [3.05, 3.63) is 33.1 Å². The number of hydrogen-bond donors (Lipinski definition) is 2. The molecule has 0 aliphatic heterocycles. The molecule has 19 heavy (non-hydrogen) atoms. The summed E-state index contributed by atoms with van der Waals surface area (Å²) < 4.78 is 34.6. The van der Waals surface area contributed by atoms with Gasteiger partial charge in [-0.25, -0.2) is 17.9 Å². The zero-order chi connectivity index (χ0) is 14.6. The summed E-state index contributed by atoms with van der Waals surface area (Å²) in [4.78, 5) is 10.0. The zero-order valence-corrected chi connectivity index (χ0v) is 11.2. The van der Waals surface area contributed by atoms with Crippen molar-refractivity contribution in [3.63, 3.8) is 0 Å². The highest BCUT2D eigenvalue weighted by atomic mass is 35.5. The van der Waals surface area contributed by atoms with E-state index in [1.807, 2.05) is 0 Å². The maximum Gasteiger partial charge on any atom is 0.294 e. The lowest BCUT2D eigenvalue weighted by Gasteiger charge is -2.07. The average molecular weight is 312 g/mol. The topological polar surface area (TPSA) is 115 Å². The van der Waals surface area contributed by atoms with Gasteiger partial charge >= 0.3 is 0 Å². The number of sulfonamides is 1. The fourth-order valence-corrected chi connectivity index (χ4v) is 2.03. The maximum absolute atomic E-state index is 13.2. The molecule has 7 nitrogen and oxygen atoms in total. The summed E-state index contributed by atoms with van der Waals surface area (Å²) in [5, 5.41) is 17.8. The van der Waals surface area contributed by atoms with E-state index in [-0.39, 0.29) is 35.1 Å². The molecule has 0 spiro atoms. The molecule has 0 saturated carbocycles. The van der Waals surface area contributed by atoms with Gasteiger partial charge in [-0.15, -0.1) is 0 Å². The number of nitro benzene ring substituents is 1. The fraction of sp³-hybridized carbons (Fsp3) is 0.333. The molecule has 106 valence electrons. The Hall–Kier alpha value is -1.45. The summed E-state index contributed by atoms with van der Waals surface area (Å²) >= 11 is 5.45. The van der Waals surface area contributed by atoms with Gasteiger partial charge in [-0.3, -0.25) is 10.1 Å². The van der Waals surface area contributed by atoms with Crippen LogP contribution in [0, 0.1) is 15.9 Å². The molecule has 0 aromatic heterocycles. The Morgan fingerprint density at radius 1 is 1.47 bits per heavy atom. The molecule has 0 aliphatic carbocycles. The molecule has 0 atom stereocenters. The van der Waals surface area contributed by atoms with Crippen LogP contribution in [0.15, 0.2) is 12.1 Å². The first kappa shape index (κ1) is 15.6. The Balaban J connectivity index is 2.77. The Labute approximate surface area is 113 Å². The highest BCUT2D eigenvalue weighted by Gasteiger charge is 2.17. The van der Waals surface area contributed by atoms with Crippen LogP contribution in [0.5, 0.6) is 0 Å². The monoisotopic (exact) mass is 311 g/mol. The number of benzene rings is 1. The van der Waals surface area contributed by atoms with E-state index < -0.39 is 20.8 Å². The third-order valence-electron chi connectivity index (χ3n) is 2.16. The second-order valence-electron chi connectivity index (χ2n) is 3.69. The number of nitro groups is 1. The summed E-state index contributed by atoms with van der Waals surface area (Å²) in [7, 11) is -3.59. The van der Waals surface area contributed by atoms with E-state index in [4.69, 9.17) is 16.7 Å². The third-order valence-corrected chi connectivity index (χ3v) is 3.30. The molecular formula is C9H11ClFN3O4S. The molecule has 3 N–H and O–H groups in total. The number of nitrogens with two attached hydrogens (primary N) is 1. The Bertz CT molecular complexity index is 593. The predicted molar refractivity (Wildman–Crippen MR) is 69.1 cm³/mol. The van der Waals surface area contributed by atoms with Gasteiger partial charge in [0.25, 0.3) is 5.69 Å².